The van der Waals surface area contributed by atoms with Gasteiger partial charge in [0.25, 0.3) is 5.91 Å². The second-order valence-corrected chi connectivity index (χ2v) is 5.33. The first-order valence-electron chi connectivity index (χ1n) is 6.19. The molecule has 0 fully saturated rings. The van der Waals surface area contributed by atoms with E-state index in [2.05, 4.69) is 22.5 Å². The van der Waals surface area contributed by atoms with Gasteiger partial charge in [0.1, 0.15) is 5.82 Å². The van der Waals surface area contributed by atoms with Crippen LogP contribution < -0.4 is 10.6 Å². The van der Waals surface area contributed by atoms with Gasteiger partial charge in [-0.1, -0.05) is 6.92 Å². The van der Waals surface area contributed by atoms with Crippen molar-refractivity contribution in [2.75, 3.05) is 30.4 Å². The van der Waals surface area contributed by atoms with Crippen LogP contribution in [0.2, 0.25) is 0 Å². The van der Waals surface area contributed by atoms with Crippen LogP contribution >= 0.6 is 11.8 Å². The number of pyridine rings is 1. The van der Waals surface area contributed by atoms with Crippen molar-refractivity contribution in [3.63, 3.8) is 0 Å². The van der Waals surface area contributed by atoms with E-state index >= 15 is 0 Å². The third-order valence-electron chi connectivity index (χ3n) is 2.43. The molecule has 0 saturated heterocycles. The Morgan fingerprint density at radius 3 is 2.89 bits per heavy atom. The van der Waals surface area contributed by atoms with Crippen LogP contribution in [0.5, 0.6) is 0 Å². The molecule has 0 aromatic carbocycles. The second kappa shape index (κ2) is 7.97. The molecule has 1 aromatic heterocycles. The number of amides is 1. The van der Waals surface area contributed by atoms with E-state index in [-0.39, 0.29) is 5.91 Å². The minimum absolute atomic E-state index is 0.0292. The highest BCUT2D eigenvalue weighted by molar-refractivity contribution is 7.99. The minimum atomic E-state index is -0.0292. The largest absolute Gasteiger partial charge is 0.373 e. The van der Waals surface area contributed by atoms with E-state index < -0.39 is 0 Å². The number of anilines is 1. The molecule has 0 bridgehead atoms. The van der Waals surface area contributed by atoms with E-state index in [1.54, 1.807) is 19.2 Å². The monoisotopic (exact) mass is 267 g/mol. The molecule has 100 valence electrons. The van der Waals surface area contributed by atoms with Crippen LogP contribution in [0, 0.1) is 6.92 Å². The second-order valence-electron chi connectivity index (χ2n) is 3.94. The summed E-state index contributed by atoms with van der Waals surface area (Å²) in [6.07, 6.45) is 1.01. The topological polar surface area (TPSA) is 54.0 Å². The predicted molar refractivity (Wildman–Crippen MR) is 78.5 cm³/mol. The van der Waals surface area contributed by atoms with Gasteiger partial charge in [0.15, 0.2) is 0 Å². The Morgan fingerprint density at radius 2 is 2.22 bits per heavy atom. The molecular formula is C13H21N3OS. The number of aryl methyl sites for hydroxylation is 1. The highest BCUT2D eigenvalue weighted by Gasteiger charge is 2.07. The van der Waals surface area contributed by atoms with Crippen molar-refractivity contribution < 1.29 is 4.79 Å². The Hall–Kier alpha value is -1.23. The third kappa shape index (κ3) is 4.96. The van der Waals surface area contributed by atoms with Crippen molar-refractivity contribution in [2.24, 2.45) is 0 Å². The van der Waals surface area contributed by atoms with Gasteiger partial charge in [-0.2, -0.15) is 11.8 Å². The molecular weight excluding hydrogens is 246 g/mol. The lowest BCUT2D eigenvalue weighted by molar-refractivity contribution is 0.0953. The molecule has 1 rings (SSSR count). The average molecular weight is 267 g/mol. The number of nitrogens with one attached hydrogen (secondary N) is 2. The number of aromatic nitrogens is 1. The van der Waals surface area contributed by atoms with E-state index in [0.29, 0.717) is 5.56 Å². The number of nitrogens with zero attached hydrogens (tertiary/aromatic N) is 1. The third-order valence-corrected chi connectivity index (χ3v) is 3.41. The number of carbonyl (C=O) groups is 1. The SMILES string of the molecule is CCSCCCNC(=O)c1cc(C)nc(NC)c1. The van der Waals surface area contributed by atoms with Crippen molar-refractivity contribution in [1.82, 2.24) is 10.3 Å². The molecule has 0 unspecified atom stereocenters. The van der Waals surface area contributed by atoms with Crippen molar-refractivity contribution in [3.05, 3.63) is 23.4 Å². The van der Waals surface area contributed by atoms with Crippen molar-refractivity contribution in [1.29, 1.82) is 0 Å². The van der Waals surface area contributed by atoms with E-state index in [9.17, 15) is 4.79 Å². The Balaban J connectivity index is 2.48. The molecule has 0 atom stereocenters. The number of carbonyl (C=O) groups excluding carboxylic acids is 1. The van der Waals surface area contributed by atoms with Gasteiger partial charge in [-0.3, -0.25) is 4.79 Å². The maximum atomic E-state index is 11.9. The molecule has 0 aliphatic rings. The van der Waals surface area contributed by atoms with Gasteiger partial charge in [0.2, 0.25) is 0 Å². The van der Waals surface area contributed by atoms with Crippen molar-refractivity contribution in [3.8, 4) is 0 Å². The van der Waals surface area contributed by atoms with Crippen LogP contribution in [0.15, 0.2) is 12.1 Å². The van der Waals surface area contributed by atoms with Gasteiger partial charge in [0.05, 0.1) is 0 Å². The van der Waals surface area contributed by atoms with Gasteiger partial charge < -0.3 is 10.6 Å². The molecule has 0 aliphatic heterocycles. The summed E-state index contributed by atoms with van der Waals surface area (Å²) in [5, 5.41) is 5.88. The van der Waals surface area contributed by atoms with Crippen LogP contribution in [0.1, 0.15) is 29.4 Å². The normalized spacial score (nSPS) is 10.2. The van der Waals surface area contributed by atoms with Crippen molar-refractivity contribution >= 4 is 23.5 Å². The summed E-state index contributed by atoms with van der Waals surface area (Å²) in [6, 6.07) is 3.57. The molecule has 0 spiro atoms. The first-order valence-corrected chi connectivity index (χ1v) is 7.35. The first-order chi connectivity index (χ1) is 8.67. The highest BCUT2D eigenvalue weighted by atomic mass is 32.2. The van der Waals surface area contributed by atoms with Gasteiger partial charge in [-0.25, -0.2) is 4.98 Å². The summed E-state index contributed by atoms with van der Waals surface area (Å²) < 4.78 is 0. The number of hydrogen-bond donors (Lipinski definition) is 2. The van der Waals surface area contributed by atoms with Crippen LogP contribution in [0.4, 0.5) is 5.82 Å². The maximum absolute atomic E-state index is 11.9. The smallest absolute Gasteiger partial charge is 0.251 e. The fraction of sp³-hybridized carbons (Fsp3) is 0.538. The fourth-order valence-corrected chi connectivity index (χ4v) is 2.19. The highest BCUT2D eigenvalue weighted by Crippen LogP contribution is 2.09. The summed E-state index contributed by atoms with van der Waals surface area (Å²) in [7, 11) is 1.80. The van der Waals surface area contributed by atoms with Crippen LogP contribution in [0.3, 0.4) is 0 Å². The molecule has 0 saturated carbocycles. The fourth-order valence-electron chi connectivity index (χ4n) is 1.55. The predicted octanol–water partition coefficient (Wildman–Crippen LogP) is 2.30. The lowest BCUT2D eigenvalue weighted by Gasteiger charge is -2.07. The standard InChI is InChI=1S/C13H21N3OS/c1-4-18-7-5-6-15-13(17)11-8-10(2)16-12(9-11)14-3/h8-9H,4-7H2,1-3H3,(H,14,16)(H,15,17). The minimum Gasteiger partial charge on any atom is -0.373 e. The number of hydrogen-bond acceptors (Lipinski definition) is 4. The summed E-state index contributed by atoms with van der Waals surface area (Å²) >= 11 is 1.89. The Labute approximate surface area is 113 Å². The Bertz CT molecular complexity index is 396. The van der Waals surface area contributed by atoms with Gasteiger partial charge in [-0.15, -0.1) is 0 Å². The molecule has 1 aromatic rings. The molecule has 1 heterocycles. The molecule has 4 nitrogen and oxygen atoms in total. The molecule has 5 heteroatoms. The molecule has 18 heavy (non-hydrogen) atoms. The molecule has 0 radical (unpaired) electrons. The summed E-state index contributed by atoms with van der Waals surface area (Å²) in [6.45, 7) is 4.75. The van der Waals surface area contributed by atoms with E-state index in [4.69, 9.17) is 0 Å². The van der Waals surface area contributed by atoms with E-state index in [1.807, 2.05) is 18.7 Å². The van der Waals surface area contributed by atoms with Crippen molar-refractivity contribution in [2.45, 2.75) is 20.3 Å². The zero-order chi connectivity index (χ0) is 13.4. The van der Waals surface area contributed by atoms with Crippen LogP contribution in [-0.2, 0) is 0 Å². The van der Waals surface area contributed by atoms with Gasteiger partial charge in [-0.05, 0) is 37.0 Å². The van der Waals surface area contributed by atoms with Crippen LogP contribution in [0.25, 0.3) is 0 Å². The zero-order valence-electron chi connectivity index (χ0n) is 11.2. The summed E-state index contributed by atoms with van der Waals surface area (Å²) in [5.41, 5.74) is 1.50. The summed E-state index contributed by atoms with van der Waals surface area (Å²) in [4.78, 5) is 16.2. The summed E-state index contributed by atoms with van der Waals surface area (Å²) in [5.74, 6) is 2.91. The quantitative estimate of drug-likeness (QED) is 0.744. The molecule has 1 amide bonds. The van der Waals surface area contributed by atoms with Gasteiger partial charge in [0, 0.05) is 24.8 Å². The zero-order valence-corrected chi connectivity index (χ0v) is 12.1. The lowest BCUT2D eigenvalue weighted by Crippen LogP contribution is -2.25. The molecule has 0 aliphatic carbocycles. The first kappa shape index (κ1) is 14.8. The number of thioether (sulfide) groups is 1. The van der Waals surface area contributed by atoms with Gasteiger partial charge >= 0.3 is 0 Å². The Morgan fingerprint density at radius 1 is 1.44 bits per heavy atom. The van der Waals surface area contributed by atoms with Crippen LogP contribution in [-0.4, -0.2) is 36.0 Å². The molecule has 2 N–H and O–H groups in total. The van der Waals surface area contributed by atoms with E-state index in [0.717, 1.165) is 36.0 Å². The number of rotatable bonds is 7. The Kier molecular flexibility index (Phi) is 6.57. The maximum Gasteiger partial charge on any atom is 0.251 e. The van der Waals surface area contributed by atoms with E-state index in [1.165, 1.54) is 0 Å². The average Bonchev–Trinajstić information content (AvgIpc) is 2.37. The lowest BCUT2D eigenvalue weighted by atomic mass is 10.2.